The fourth-order valence-electron chi connectivity index (χ4n) is 8.02. The molecule has 0 heterocycles. The van der Waals surface area contributed by atoms with Crippen molar-refractivity contribution in [3.05, 3.63) is 36.5 Å². The van der Waals surface area contributed by atoms with Gasteiger partial charge in [-0.25, -0.2) is 0 Å². The van der Waals surface area contributed by atoms with Crippen molar-refractivity contribution < 1.29 is 24.5 Å². The van der Waals surface area contributed by atoms with Crippen LogP contribution in [-0.4, -0.2) is 47.4 Å². The van der Waals surface area contributed by atoms with Gasteiger partial charge in [0.2, 0.25) is 5.91 Å². The Morgan fingerprint density at radius 2 is 0.820 bits per heavy atom. The van der Waals surface area contributed by atoms with Crippen molar-refractivity contribution in [2.75, 3.05) is 13.2 Å². The quantitative estimate of drug-likeness (QED) is 0.0322. The van der Waals surface area contributed by atoms with Crippen molar-refractivity contribution in [1.82, 2.24) is 5.32 Å². The Bertz CT molecular complexity index is 993. The lowest BCUT2D eigenvalue weighted by molar-refractivity contribution is -0.143. The normalized spacial score (nSPS) is 12.9. The van der Waals surface area contributed by atoms with E-state index in [0.29, 0.717) is 25.9 Å². The third kappa shape index (κ3) is 47.4. The molecule has 1 amide bonds. The minimum atomic E-state index is -0.683. The highest BCUT2D eigenvalue weighted by Crippen LogP contribution is 2.16. The minimum absolute atomic E-state index is 0.0391. The lowest BCUT2D eigenvalue weighted by Gasteiger charge is -2.22. The van der Waals surface area contributed by atoms with Crippen molar-refractivity contribution in [2.45, 2.75) is 289 Å². The summed E-state index contributed by atoms with van der Waals surface area (Å²) in [4.78, 5) is 24.5. The Balaban J connectivity index is 3.52. The van der Waals surface area contributed by atoms with Gasteiger partial charge in [-0.2, -0.15) is 0 Å². The highest BCUT2D eigenvalue weighted by molar-refractivity contribution is 5.76. The molecule has 2 atom stereocenters. The molecular formula is C55H103NO5. The number of amides is 1. The standard InChI is InChI=1S/C55H103NO5/c1-3-5-7-9-11-13-15-17-19-21-23-25-29-33-37-41-45-49-55(60)61-50-46-42-38-34-30-26-28-32-36-40-44-48-54(59)56-52(51-57)53(58)47-43-39-35-31-27-24-22-20-18-16-14-12-10-8-6-4-2/h11,13,17,19,30,34,52-53,57-58H,3-10,12,14-16,18,20-29,31-33,35-51H2,1-2H3,(H,56,59)/b13-11-,19-17-,34-30-. The summed E-state index contributed by atoms with van der Waals surface area (Å²) in [6.07, 6.45) is 61.2. The number of ether oxygens (including phenoxy) is 1. The number of nitrogens with one attached hydrogen (secondary N) is 1. The Hall–Kier alpha value is -1.92. The smallest absolute Gasteiger partial charge is 0.305 e. The van der Waals surface area contributed by atoms with E-state index in [4.69, 9.17) is 4.74 Å². The lowest BCUT2D eigenvalue weighted by atomic mass is 10.0. The maximum Gasteiger partial charge on any atom is 0.305 e. The third-order valence-corrected chi connectivity index (χ3v) is 12.2. The number of aliphatic hydroxyl groups is 2. The number of carbonyl (C=O) groups is 2. The zero-order valence-electron chi connectivity index (χ0n) is 40.6. The van der Waals surface area contributed by atoms with E-state index in [2.05, 4.69) is 55.6 Å². The summed E-state index contributed by atoms with van der Waals surface area (Å²) in [5.74, 6) is -0.103. The SMILES string of the molecule is CCCCC/C=C\C/C=C\CCCCCCCCCC(=O)OCCCC/C=C\CCCCCCCC(=O)NC(CO)C(O)CCCCCCCCCCCCCCCCCC. The summed E-state index contributed by atoms with van der Waals surface area (Å²) in [6, 6.07) is -0.563. The van der Waals surface area contributed by atoms with Gasteiger partial charge in [0.15, 0.2) is 0 Å². The van der Waals surface area contributed by atoms with E-state index in [1.165, 1.54) is 154 Å². The minimum Gasteiger partial charge on any atom is -0.466 e. The Labute approximate surface area is 379 Å². The molecule has 0 saturated carbocycles. The number of carbonyl (C=O) groups excluding carboxylic acids is 2. The molecule has 3 N–H and O–H groups in total. The Morgan fingerprint density at radius 3 is 1.30 bits per heavy atom. The summed E-state index contributed by atoms with van der Waals surface area (Å²) >= 11 is 0. The zero-order valence-corrected chi connectivity index (χ0v) is 40.6. The van der Waals surface area contributed by atoms with Gasteiger partial charge in [-0.05, 0) is 83.5 Å². The molecule has 358 valence electrons. The van der Waals surface area contributed by atoms with Crippen molar-refractivity contribution >= 4 is 11.9 Å². The third-order valence-electron chi connectivity index (χ3n) is 12.2. The van der Waals surface area contributed by atoms with Gasteiger partial charge in [-0.1, -0.05) is 217 Å². The van der Waals surface area contributed by atoms with E-state index in [1.807, 2.05) is 0 Å². The second kappa shape index (κ2) is 50.7. The predicted molar refractivity (Wildman–Crippen MR) is 264 cm³/mol. The molecule has 0 bridgehead atoms. The van der Waals surface area contributed by atoms with Gasteiger partial charge in [0.1, 0.15) is 0 Å². The molecule has 6 nitrogen and oxygen atoms in total. The van der Waals surface area contributed by atoms with Crippen LogP contribution in [-0.2, 0) is 14.3 Å². The van der Waals surface area contributed by atoms with E-state index in [-0.39, 0.29) is 18.5 Å². The molecule has 0 aliphatic heterocycles. The van der Waals surface area contributed by atoms with E-state index in [0.717, 1.165) is 89.9 Å². The average Bonchev–Trinajstić information content (AvgIpc) is 3.26. The van der Waals surface area contributed by atoms with Crippen LogP contribution in [0.5, 0.6) is 0 Å². The predicted octanol–water partition coefficient (Wildman–Crippen LogP) is 16.1. The summed E-state index contributed by atoms with van der Waals surface area (Å²) in [5, 5.41) is 23.2. The topological polar surface area (TPSA) is 95.9 Å². The van der Waals surface area contributed by atoms with E-state index < -0.39 is 12.1 Å². The second-order valence-electron chi connectivity index (χ2n) is 18.2. The molecule has 0 rings (SSSR count). The van der Waals surface area contributed by atoms with Crippen LogP contribution in [0, 0.1) is 0 Å². The van der Waals surface area contributed by atoms with Gasteiger partial charge in [-0.15, -0.1) is 0 Å². The summed E-state index contributed by atoms with van der Waals surface area (Å²) in [5.41, 5.74) is 0. The molecule has 0 fully saturated rings. The van der Waals surface area contributed by atoms with Crippen LogP contribution < -0.4 is 5.32 Å². The first-order chi connectivity index (χ1) is 30.0. The molecule has 2 unspecified atom stereocenters. The molecule has 0 aliphatic carbocycles. The van der Waals surface area contributed by atoms with Gasteiger partial charge in [0, 0.05) is 12.8 Å². The first kappa shape index (κ1) is 59.1. The molecule has 0 aromatic heterocycles. The summed E-state index contributed by atoms with van der Waals surface area (Å²) in [6.45, 7) is 4.85. The first-order valence-corrected chi connectivity index (χ1v) is 26.7. The van der Waals surface area contributed by atoms with Crippen LogP contribution in [0.2, 0.25) is 0 Å². The number of hydrogen-bond donors (Lipinski definition) is 3. The molecule has 0 saturated heterocycles. The average molecular weight is 858 g/mol. The van der Waals surface area contributed by atoms with Gasteiger partial charge in [-0.3, -0.25) is 9.59 Å². The van der Waals surface area contributed by atoms with Crippen molar-refractivity contribution in [1.29, 1.82) is 0 Å². The van der Waals surface area contributed by atoms with E-state index >= 15 is 0 Å². The van der Waals surface area contributed by atoms with Crippen LogP contribution in [0.25, 0.3) is 0 Å². The Kier molecular flexibility index (Phi) is 49.1. The molecule has 0 aromatic carbocycles. The molecule has 0 radical (unpaired) electrons. The fourth-order valence-corrected chi connectivity index (χ4v) is 8.02. The van der Waals surface area contributed by atoms with Gasteiger partial charge in [0.05, 0.1) is 25.4 Å². The van der Waals surface area contributed by atoms with Gasteiger partial charge in [0.25, 0.3) is 0 Å². The number of rotatable bonds is 49. The van der Waals surface area contributed by atoms with Gasteiger partial charge >= 0.3 is 5.97 Å². The monoisotopic (exact) mass is 858 g/mol. The zero-order chi connectivity index (χ0) is 44.4. The van der Waals surface area contributed by atoms with Crippen molar-refractivity contribution in [3.8, 4) is 0 Å². The second-order valence-corrected chi connectivity index (χ2v) is 18.2. The lowest BCUT2D eigenvalue weighted by Crippen LogP contribution is -2.45. The van der Waals surface area contributed by atoms with Crippen LogP contribution >= 0.6 is 0 Å². The fraction of sp³-hybridized carbons (Fsp3) is 0.855. The number of esters is 1. The van der Waals surface area contributed by atoms with E-state index in [1.54, 1.807) is 0 Å². The summed E-state index contributed by atoms with van der Waals surface area (Å²) in [7, 11) is 0. The number of aliphatic hydroxyl groups excluding tert-OH is 2. The van der Waals surface area contributed by atoms with Crippen LogP contribution in [0.1, 0.15) is 277 Å². The van der Waals surface area contributed by atoms with Gasteiger partial charge < -0.3 is 20.3 Å². The van der Waals surface area contributed by atoms with Crippen LogP contribution in [0.15, 0.2) is 36.5 Å². The maximum absolute atomic E-state index is 12.5. The Morgan fingerprint density at radius 1 is 0.459 bits per heavy atom. The number of unbranched alkanes of at least 4 members (excludes halogenated alkanes) is 32. The molecule has 0 aliphatic rings. The number of allylic oxidation sites excluding steroid dienone is 6. The highest BCUT2D eigenvalue weighted by Gasteiger charge is 2.20. The summed E-state index contributed by atoms with van der Waals surface area (Å²) < 4.78 is 5.44. The largest absolute Gasteiger partial charge is 0.466 e. The van der Waals surface area contributed by atoms with E-state index in [9.17, 15) is 19.8 Å². The molecule has 6 heteroatoms. The van der Waals surface area contributed by atoms with Crippen molar-refractivity contribution in [2.24, 2.45) is 0 Å². The molecule has 0 spiro atoms. The van der Waals surface area contributed by atoms with Crippen molar-refractivity contribution in [3.63, 3.8) is 0 Å². The number of hydrogen-bond acceptors (Lipinski definition) is 5. The highest BCUT2D eigenvalue weighted by atomic mass is 16.5. The molecular weight excluding hydrogens is 755 g/mol. The maximum atomic E-state index is 12.5. The van der Waals surface area contributed by atoms with Crippen LogP contribution in [0.4, 0.5) is 0 Å². The molecule has 61 heavy (non-hydrogen) atoms. The first-order valence-electron chi connectivity index (χ1n) is 26.7. The molecule has 0 aromatic rings. The van der Waals surface area contributed by atoms with Crippen LogP contribution in [0.3, 0.4) is 0 Å².